The van der Waals surface area contributed by atoms with Crippen LogP contribution < -0.4 is 10.1 Å². The molecule has 0 saturated heterocycles. The molecule has 0 saturated carbocycles. The van der Waals surface area contributed by atoms with Gasteiger partial charge in [0.05, 0.1) is 23.6 Å². The van der Waals surface area contributed by atoms with Crippen molar-refractivity contribution in [2.45, 2.75) is 33.4 Å². The van der Waals surface area contributed by atoms with E-state index in [1.54, 1.807) is 12.1 Å². The highest BCUT2D eigenvalue weighted by Crippen LogP contribution is 2.24. The van der Waals surface area contributed by atoms with Crippen molar-refractivity contribution in [3.63, 3.8) is 0 Å². The molecule has 0 unspecified atom stereocenters. The second-order valence-electron chi connectivity index (χ2n) is 7.90. The SMILES string of the molecule is C=CCc1ccccc1OCc1ccc(C(=O)Nc2c(C)nn(Cc3ccccc3Cl)c2C)o1. The molecule has 0 spiro atoms. The van der Waals surface area contributed by atoms with Gasteiger partial charge in [0.1, 0.15) is 18.1 Å². The Hall–Kier alpha value is -3.77. The second kappa shape index (κ2) is 10.4. The number of nitrogens with zero attached hydrogens (tertiary/aromatic N) is 2. The monoisotopic (exact) mass is 475 g/mol. The van der Waals surface area contributed by atoms with E-state index < -0.39 is 0 Å². The molecule has 34 heavy (non-hydrogen) atoms. The predicted octanol–water partition coefficient (Wildman–Crippen LogP) is 6.35. The topological polar surface area (TPSA) is 69.3 Å². The van der Waals surface area contributed by atoms with Crippen LogP contribution in [-0.4, -0.2) is 15.7 Å². The first-order chi connectivity index (χ1) is 16.5. The number of carbonyl (C=O) groups is 1. The van der Waals surface area contributed by atoms with Gasteiger partial charge >= 0.3 is 0 Å². The Morgan fingerprint density at radius 2 is 1.85 bits per heavy atom. The number of para-hydroxylation sites is 1. The lowest BCUT2D eigenvalue weighted by atomic mass is 10.1. The van der Waals surface area contributed by atoms with Gasteiger partial charge in [-0.15, -0.1) is 6.58 Å². The highest BCUT2D eigenvalue weighted by molar-refractivity contribution is 6.31. The second-order valence-corrected chi connectivity index (χ2v) is 8.31. The number of aromatic nitrogens is 2. The highest BCUT2D eigenvalue weighted by Gasteiger charge is 2.18. The van der Waals surface area contributed by atoms with Crippen LogP contribution in [0.15, 0.2) is 77.7 Å². The number of hydrogen-bond acceptors (Lipinski definition) is 4. The van der Waals surface area contributed by atoms with E-state index in [4.69, 9.17) is 20.8 Å². The number of anilines is 1. The number of halogens is 1. The van der Waals surface area contributed by atoms with E-state index in [0.717, 1.165) is 22.6 Å². The van der Waals surface area contributed by atoms with Crippen LogP contribution in [0.3, 0.4) is 0 Å². The Morgan fingerprint density at radius 1 is 1.12 bits per heavy atom. The Morgan fingerprint density at radius 3 is 2.62 bits per heavy atom. The van der Waals surface area contributed by atoms with E-state index in [-0.39, 0.29) is 18.3 Å². The van der Waals surface area contributed by atoms with Crippen molar-refractivity contribution in [1.29, 1.82) is 0 Å². The van der Waals surface area contributed by atoms with Gasteiger partial charge in [-0.05, 0) is 55.7 Å². The number of ether oxygens (including phenoxy) is 1. The molecule has 2 aromatic carbocycles. The molecule has 6 nitrogen and oxygen atoms in total. The fourth-order valence-electron chi connectivity index (χ4n) is 3.69. The number of furan rings is 1. The Bertz CT molecular complexity index is 1320. The van der Waals surface area contributed by atoms with Crippen molar-refractivity contribution in [3.8, 4) is 5.75 Å². The molecule has 0 aliphatic carbocycles. The van der Waals surface area contributed by atoms with E-state index in [1.807, 2.05) is 73.1 Å². The summed E-state index contributed by atoms with van der Waals surface area (Å²) in [7, 11) is 0. The molecule has 4 rings (SSSR count). The lowest BCUT2D eigenvalue weighted by molar-refractivity contribution is 0.0992. The summed E-state index contributed by atoms with van der Waals surface area (Å²) < 4.78 is 13.5. The van der Waals surface area contributed by atoms with Crippen LogP contribution in [-0.2, 0) is 19.6 Å². The average Bonchev–Trinajstić information content (AvgIpc) is 3.41. The summed E-state index contributed by atoms with van der Waals surface area (Å²) in [5, 5.41) is 8.18. The Kier molecular flexibility index (Phi) is 7.18. The van der Waals surface area contributed by atoms with E-state index in [1.165, 1.54) is 0 Å². The van der Waals surface area contributed by atoms with Crippen molar-refractivity contribution in [2.24, 2.45) is 0 Å². The molecule has 1 amide bonds. The van der Waals surface area contributed by atoms with Crippen molar-refractivity contribution in [2.75, 3.05) is 5.32 Å². The van der Waals surface area contributed by atoms with Gasteiger partial charge in [-0.25, -0.2) is 0 Å². The molecule has 0 radical (unpaired) electrons. The normalized spacial score (nSPS) is 10.8. The van der Waals surface area contributed by atoms with E-state index in [0.29, 0.717) is 35.1 Å². The summed E-state index contributed by atoms with van der Waals surface area (Å²) in [6.45, 7) is 8.28. The molecule has 4 aromatic rings. The van der Waals surface area contributed by atoms with E-state index in [2.05, 4.69) is 17.0 Å². The standard InChI is InChI=1S/C27H26ClN3O3/c1-4-9-20-10-6-8-13-24(20)33-17-22-14-15-25(34-22)27(32)29-26-18(2)30-31(19(26)3)16-21-11-5-7-12-23(21)28/h4-8,10-15H,1,9,16-17H2,2-3H3,(H,29,32). The van der Waals surface area contributed by atoms with Crippen LogP contribution in [0.1, 0.15) is 38.8 Å². The molecule has 7 heteroatoms. The number of carbonyl (C=O) groups excluding carboxylic acids is 1. The number of amides is 1. The molecule has 0 atom stereocenters. The molecule has 0 bridgehead atoms. The fourth-order valence-corrected chi connectivity index (χ4v) is 3.89. The Labute approximate surface area is 203 Å². The van der Waals surface area contributed by atoms with Gasteiger partial charge in [0.15, 0.2) is 5.76 Å². The zero-order valence-corrected chi connectivity index (χ0v) is 19.9. The number of hydrogen-bond donors (Lipinski definition) is 1. The first kappa shape index (κ1) is 23.4. The zero-order chi connectivity index (χ0) is 24.1. The maximum atomic E-state index is 12.9. The summed E-state index contributed by atoms with van der Waals surface area (Å²) in [6, 6.07) is 18.8. The molecular formula is C27H26ClN3O3. The average molecular weight is 476 g/mol. The molecule has 0 aliphatic rings. The minimum absolute atomic E-state index is 0.204. The largest absolute Gasteiger partial charge is 0.485 e. The maximum absolute atomic E-state index is 12.9. The summed E-state index contributed by atoms with van der Waals surface area (Å²) in [6.07, 6.45) is 2.54. The summed E-state index contributed by atoms with van der Waals surface area (Å²) >= 11 is 6.29. The van der Waals surface area contributed by atoms with Gasteiger partial charge < -0.3 is 14.5 Å². The highest BCUT2D eigenvalue weighted by atomic mass is 35.5. The number of aryl methyl sites for hydroxylation is 1. The van der Waals surface area contributed by atoms with E-state index >= 15 is 0 Å². The molecule has 1 N–H and O–H groups in total. The number of rotatable bonds is 9. The molecule has 0 fully saturated rings. The van der Waals surface area contributed by atoms with Gasteiger partial charge in [0.25, 0.3) is 5.91 Å². The maximum Gasteiger partial charge on any atom is 0.291 e. The molecule has 2 aromatic heterocycles. The van der Waals surface area contributed by atoms with Gasteiger partial charge in [0, 0.05) is 5.02 Å². The summed E-state index contributed by atoms with van der Waals surface area (Å²) in [5.74, 6) is 1.18. The van der Waals surface area contributed by atoms with Crippen LogP contribution in [0, 0.1) is 13.8 Å². The third-order valence-electron chi connectivity index (χ3n) is 5.49. The third-order valence-corrected chi connectivity index (χ3v) is 5.86. The minimum Gasteiger partial charge on any atom is -0.485 e. The van der Waals surface area contributed by atoms with Crippen molar-refractivity contribution >= 4 is 23.2 Å². The van der Waals surface area contributed by atoms with Gasteiger partial charge in [-0.2, -0.15) is 5.10 Å². The quantitative estimate of drug-likeness (QED) is 0.286. The van der Waals surface area contributed by atoms with Crippen LogP contribution in [0.4, 0.5) is 5.69 Å². The lowest BCUT2D eigenvalue weighted by Gasteiger charge is -2.09. The first-order valence-electron chi connectivity index (χ1n) is 11.0. The van der Waals surface area contributed by atoms with Crippen LogP contribution in [0.5, 0.6) is 5.75 Å². The summed E-state index contributed by atoms with van der Waals surface area (Å²) in [4.78, 5) is 12.9. The van der Waals surface area contributed by atoms with Crippen molar-refractivity contribution < 1.29 is 13.9 Å². The van der Waals surface area contributed by atoms with Crippen molar-refractivity contribution in [1.82, 2.24) is 9.78 Å². The fraction of sp³-hybridized carbons (Fsp3) is 0.185. The van der Waals surface area contributed by atoms with Crippen LogP contribution >= 0.6 is 11.6 Å². The Balaban J connectivity index is 1.43. The van der Waals surface area contributed by atoms with Gasteiger partial charge in [-0.1, -0.05) is 54.1 Å². The zero-order valence-electron chi connectivity index (χ0n) is 19.2. The number of benzene rings is 2. The van der Waals surface area contributed by atoms with Gasteiger partial charge in [-0.3, -0.25) is 9.48 Å². The van der Waals surface area contributed by atoms with Crippen LogP contribution in [0.2, 0.25) is 5.02 Å². The molecule has 0 aliphatic heterocycles. The third kappa shape index (κ3) is 5.24. The molecular weight excluding hydrogens is 450 g/mol. The molecule has 174 valence electrons. The van der Waals surface area contributed by atoms with Gasteiger partial charge in [0.2, 0.25) is 0 Å². The van der Waals surface area contributed by atoms with Crippen LogP contribution in [0.25, 0.3) is 0 Å². The molecule has 2 heterocycles. The number of nitrogens with one attached hydrogen (secondary N) is 1. The summed E-state index contributed by atoms with van der Waals surface area (Å²) in [5.41, 5.74) is 4.20. The van der Waals surface area contributed by atoms with E-state index in [9.17, 15) is 4.79 Å². The first-order valence-corrected chi connectivity index (χ1v) is 11.3. The van der Waals surface area contributed by atoms with Crippen molar-refractivity contribution in [3.05, 3.63) is 112 Å². The smallest absolute Gasteiger partial charge is 0.291 e. The lowest BCUT2D eigenvalue weighted by Crippen LogP contribution is -2.12. The minimum atomic E-state index is -0.346. The number of allylic oxidation sites excluding steroid dienone is 1. The predicted molar refractivity (Wildman–Crippen MR) is 134 cm³/mol.